The Morgan fingerprint density at radius 1 is 1.33 bits per heavy atom. The van der Waals surface area contributed by atoms with E-state index < -0.39 is 18.1 Å². The summed E-state index contributed by atoms with van der Waals surface area (Å²) in [6, 6.07) is 5.66. The number of nitrogens with one attached hydrogen (secondary N) is 2. The Morgan fingerprint density at radius 3 is 2.75 bits per heavy atom. The molecule has 0 saturated heterocycles. The largest absolute Gasteiger partial charge is 0.573 e. The number of aromatic amines is 1. The Bertz CT molecular complexity index is 716. The van der Waals surface area contributed by atoms with Crippen molar-refractivity contribution in [2.45, 2.75) is 19.8 Å². The fraction of sp³-hybridized carbons (Fsp3) is 0.267. The van der Waals surface area contributed by atoms with Crippen LogP contribution in [-0.4, -0.2) is 23.9 Å². The number of esters is 1. The van der Waals surface area contributed by atoms with E-state index in [1.54, 1.807) is 25.3 Å². The van der Waals surface area contributed by atoms with Gasteiger partial charge in [-0.1, -0.05) is 17.7 Å². The lowest BCUT2D eigenvalue weighted by atomic mass is 10.2. The van der Waals surface area contributed by atoms with Gasteiger partial charge in [-0.15, -0.1) is 13.2 Å². The highest BCUT2D eigenvalue weighted by Crippen LogP contribution is 2.31. The number of hydrogen-bond acceptors (Lipinski definition) is 4. The highest BCUT2D eigenvalue weighted by molar-refractivity contribution is 6.32. The van der Waals surface area contributed by atoms with Gasteiger partial charge >= 0.3 is 12.3 Å². The van der Waals surface area contributed by atoms with Crippen LogP contribution in [0.25, 0.3) is 0 Å². The smallest absolute Gasteiger partial charge is 0.461 e. The molecule has 1 aromatic heterocycles. The lowest BCUT2D eigenvalue weighted by Crippen LogP contribution is -2.17. The summed E-state index contributed by atoms with van der Waals surface area (Å²) in [7, 11) is 0. The number of rotatable bonds is 6. The predicted molar refractivity (Wildman–Crippen MR) is 82.2 cm³/mol. The van der Waals surface area contributed by atoms with Crippen LogP contribution < -0.4 is 10.1 Å². The van der Waals surface area contributed by atoms with Gasteiger partial charge in [0.15, 0.2) is 0 Å². The third-order valence-corrected chi connectivity index (χ3v) is 3.24. The Labute approximate surface area is 140 Å². The maximum Gasteiger partial charge on any atom is 0.573 e. The first kappa shape index (κ1) is 18.0. The van der Waals surface area contributed by atoms with Gasteiger partial charge in [-0.3, -0.25) is 0 Å². The molecule has 0 atom stereocenters. The number of carbonyl (C=O) groups excluding carboxylic acids is 1. The van der Waals surface area contributed by atoms with Gasteiger partial charge in [-0.05, 0) is 30.7 Å². The summed E-state index contributed by atoms with van der Waals surface area (Å²) in [6.07, 6.45) is -3.28. The second kappa shape index (κ2) is 7.48. The van der Waals surface area contributed by atoms with Gasteiger partial charge in [0.2, 0.25) is 0 Å². The molecule has 9 heteroatoms. The summed E-state index contributed by atoms with van der Waals surface area (Å²) < 4.78 is 45.7. The molecule has 0 unspecified atom stereocenters. The topological polar surface area (TPSA) is 63.4 Å². The van der Waals surface area contributed by atoms with Gasteiger partial charge in [-0.2, -0.15) is 0 Å². The fourth-order valence-electron chi connectivity index (χ4n) is 1.95. The van der Waals surface area contributed by atoms with E-state index in [-0.39, 0.29) is 23.9 Å². The van der Waals surface area contributed by atoms with Crippen molar-refractivity contribution in [1.82, 2.24) is 4.98 Å². The Balaban J connectivity index is 2.09. The minimum Gasteiger partial charge on any atom is -0.461 e. The monoisotopic (exact) mass is 362 g/mol. The quantitative estimate of drug-likeness (QED) is 0.750. The number of H-pyrrole nitrogens is 1. The average molecular weight is 363 g/mol. The molecule has 0 radical (unpaired) electrons. The van der Waals surface area contributed by atoms with Crippen molar-refractivity contribution in [2.24, 2.45) is 0 Å². The standard InChI is InChI=1S/C15H14ClF3N2O3/c1-2-23-14(22)13-11(5-6-20-13)21-8-9-3-4-10(16)12(7-9)24-15(17,18)19/h3-7,20-21H,2,8H2,1H3. The zero-order valence-corrected chi connectivity index (χ0v) is 13.3. The number of carbonyl (C=O) groups is 1. The number of benzene rings is 1. The molecule has 0 saturated carbocycles. The number of hydrogen-bond donors (Lipinski definition) is 2. The zero-order valence-electron chi connectivity index (χ0n) is 12.5. The summed E-state index contributed by atoms with van der Waals surface area (Å²) in [5, 5.41) is 2.80. The van der Waals surface area contributed by atoms with E-state index >= 15 is 0 Å². The van der Waals surface area contributed by atoms with Crippen LogP contribution in [0.2, 0.25) is 5.02 Å². The van der Waals surface area contributed by atoms with Gasteiger partial charge in [0.05, 0.1) is 17.3 Å². The van der Waals surface area contributed by atoms with E-state index in [0.717, 1.165) is 0 Å². The second-order valence-electron chi connectivity index (χ2n) is 4.65. The Hall–Kier alpha value is -2.35. The van der Waals surface area contributed by atoms with E-state index in [1.807, 2.05) is 0 Å². The molecule has 0 spiro atoms. The van der Waals surface area contributed by atoms with Crippen molar-refractivity contribution in [3.8, 4) is 5.75 Å². The molecule has 5 nitrogen and oxygen atoms in total. The molecule has 2 aromatic rings. The van der Waals surface area contributed by atoms with Crippen LogP contribution in [-0.2, 0) is 11.3 Å². The van der Waals surface area contributed by atoms with Crippen molar-refractivity contribution in [3.05, 3.63) is 46.7 Å². The average Bonchev–Trinajstić information content (AvgIpc) is 2.95. The van der Waals surface area contributed by atoms with Crippen molar-refractivity contribution in [1.29, 1.82) is 0 Å². The van der Waals surface area contributed by atoms with Gasteiger partial charge < -0.3 is 19.8 Å². The molecule has 0 bridgehead atoms. The van der Waals surface area contributed by atoms with Crippen molar-refractivity contribution in [3.63, 3.8) is 0 Å². The summed E-state index contributed by atoms with van der Waals surface area (Å²) in [5.41, 5.74) is 1.20. The number of anilines is 1. The molecule has 2 rings (SSSR count). The van der Waals surface area contributed by atoms with E-state index in [1.165, 1.54) is 12.1 Å². The molecule has 2 N–H and O–H groups in total. The van der Waals surface area contributed by atoms with Crippen molar-refractivity contribution >= 4 is 23.3 Å². The molecular formula is C15H14ClF3N2O3. The maximum absolute atomic E-state index is 12.3. The molecule has 0 aliphatic heterocycles. The lowest BCUT2D eigenvalue weighted by Gasteiger charge is -2.12. The summed E-state index contributed by atoms with van der Waals surface area (Å²) in [6.45, 7) is 2.08. The number of halogens is 4. The zero-order chi connectivity index (χ0) is 17.7. The lowest BCUT2D eigenvalue weighted by molar-refractivity contribution is -0.274. The fourth-order valence-corrected chi connectivity index (χ4v) is 2.10. The Morgan fingerprint density at radius 2 is 2.08 bits per heavy atom. The molecule has 1 aromatic carbocycles. The number of ether oxygens (including phenoxy) is 2. The normalized spacial score (nSPS) is 11.2. The molecule has 24 heavy (non-hydrogen) atoms. The second-order valence-corrected chi connectivity index (χ2v) is 5.06. The molecule has 130 valence electrons. The number of alkyl halides is 3. The first-order valence-corrected chi connectivity index (χ1v) is 7.30. The van der Waals surface area contributed by atoms with Crippen LogP contribution in [0.1, 0.15) is 23.0 Å². The highest BCUT2D eigenvalue weighted by Gasteiger charge is 2.32. The van der Waals surface area contributed by atoms with Gasteiger partial charge in [-0.25, -0.2) is 4.79 Å². The van der Waals surface area contributed by atoms with Crippen LogP contribution in [0, 0.1) is 0 Å². The minimum atomic E-state index is -4.83. The molecule has 1 heterocycles. The maximum atomic E-state index is 12.3. The number of aromatic nitrogens is 1. The van der Waals surface area contributed by atoms with Gasteiger partial charge in [0.25, 0.3) is 0 Å². The molecule has 0 fully saturated rings. The summed E-state index contributed by atoms with van der Waals surface area (Å²) in [4.78, 5) is 14.5. The molecule has 0 aliphatic rings. The third kappa shape index (κ3) is 4.82. The van der Waals surface area contributed by atoms with Gasteiger partial charge in [0, 0.05) is 12.7 Å². The SMILES string of the molecule is CCOC(=O)c1[nH]ccc1NCc1ccc(Cl)c(OC(F)(F)F)c1. The van der Waals surface area contributed by atoms with E-state index in [9.17, 15) is 18.0 Å². The predicted octanol–water partition coefficient (Wildman–Crippen LogP) is 4.36. The Kier molecular flexibility index (Phi) is 5.61. The highest BCUT2D eigenvalue weighted by atomic mass is 35.5. The summed E-state index contributed by atoms with van der Waals surface area (Å²) >= 11 is 5.69. The third-order valence-electron chi connectivity index (χ3n) is 2.93. The molecule has 0 amide bonds. The molecular weight excluding hydrogens is 349 g/mol. The van der Waals surface area contributed by atoms with E-state index in [4.69, 9.17) is 16.3 Å². The first-order chi connectivity index (χ1) is 11.3. The van der Waals surface area contributed by atoms with Crippen molar-refractivity contribution in [2.75, 3.05) is 11.9 Å². The van der Waals surface area contributed by atoms with Gasteiger partial charge in [0.1, 0.15) is 11.4 Å². The van der Waals surface area contributed by atoms with Crippen molar-refractivity contribution < 1.29 is 27.4 Å². The summed E-state index contributed by atoms with van der Waals surface area (Å²) in [5.74, 6) is -1.01. The first-order valence-electron chi connectivity index (χ1n) is 6.92. The van der Waals surface area contributed by atoms with E-state index in [2.05, 4.69) is 15.0 Å². The van der Waals surface area contributed by atoms with Crippen LogP contribution in [0.3, 0.4) is 0 Å². The minimum absolute atomic E-state index is 0.148. The van der Waals surface area contributed by atoms with Crippen LogP contribution in [0.4, 0.5) is 18.9 Å². The van der Waals surface area contributed by atoms with E-state index in [0.29, 0.717) is 11.3 Å². The van der Waals surface area contributed by atoms with Crippen LogP contribution in [0.15, 0.2) is 30.5 Å². The molecule has 0 aliphatic carbocycles. The van der Waals surface area contributed by atoms with Crippen LogP contribution in [0.5, 0.6) is 5.75 Å². The van der Waals surface area contributed by atoms with Crippen LogP contribution >= 0.6 is 11.6 Å².